The number of ether oxygens (including phenoxy) is 1. The van der Waals surface area contributed by atoms with E-state index in [2.05, 4.69) is 77.7 Å². The second-order valence-corrected chi connectivity index (χ2v) is 14.1. The molecule has 6 aromatic rings. The third kappa shape index (κ3) is 2.36. The molecular weight excluding hydrogens is 510 g/mol. The normalized spacial score (nSPS) is 16.8. The maximum absolute atomic E-state index is 16.8. The van der Waals surface area contributed by atoms with E-state index in [1.807, 2.05) is 66.7 Å². The molecule has 0 aromatic heterocycles. The number of hydrogen-bond acceptors (Lipinski definition) is 3. The van der Waals surface area contributed by atoms with E-state index >= 15 is 4.21 Å². The summed E-state index contributed by atoms with van der Waals surface area (Å²) in [5.41, 5.74) is 7.01. The molecule has 190 valence electrons. The van der Waals surface area contributed by atoms with Crippen molar-refractivity contribution in [2.45, 2.75) is 19.6 Å². The minimum atomic E-state index is -3.91. The third-order valence-electron chi connectivity index (χ3n) is 8.58. The molecular formula is C36H23NO2S. The van der Waals surface area contributed by atoms with Gasteiger partial charge >= 0.3 is 0 Å². The first kappa shape index (κ1) is 21.9. The Morgan fingerprint density at radius 2 is 0.850 bits per heavy atom. The van der Waals surface area contributed by atoms with E-state index in [0.29, 0.717) is 0 Å². The Hall–Kier alpha value is -4.93. The van der Waals surface area contributed by atoms with Crippen molar-refractivity contribution in [1.82, 2.24) is 0 Å². The van der Waals surface area contributed by atoms with E-state index in [4.69, 9.17) is 4.74 Å². The summed E-state index contributed by atoms with van der Waals surface area (Å²) in [6.07, 6.45) is 0. The molecule has 9 rings (SSSR count). The van der Waals surface area contributed by atoms with Crippen LogP contribution in [0.4, 0.5) is 17.1 Å². The largest absolute Gasteiger partial charge is 0.453 e. The van der Waals surface area contributed by atoms with Crippen molar-refractivity contribution in [3.05, 3.63) is 140 Å². The average Bonchev–Trinajstić information content (AvgIpc) is 3.41. The lowest BCUT2D eigenvalue weighted by molar-refractivity contribution is 0.477. The smallest absolute Gasteiger partial charge is 0.151 e. The van der Waals surface area contributed by atoms with Crippen LogP contribution in [-0.2, 0) is 9.07 Å². The van der Waals surface area contributed by atoms with E-state index in [1.165, 1.54) is 0 Å². The molecule has 0 aliphatic carbocycles. The quantitative estimate of drug-likeness (QED) is 0.210. The van der Waals surface area contributed by atoms with Gasteiger partial charge < -0.3 is 9.64 Å². The van der Waals surface area contributed by atoms with Crippen LogP contribution in [0.5, 0.6) is 11.5 Å². The zero-order chi connectivity index (χ0) is 26.5. The van der Waals surface area contributed by atoms with Gasteiger partial charge in [0.15, 0.2) is 11.5 Å². The molecule has 0 unspecified atom stereocenters. The van der Waals surface area contributed by atoms with Crippen molar-refractivity contribution in [2.75, 3.05) is 4.90 Å². The van der Waals surface area contributed by atoms with E-state index < -0.39 is 9.07 Å². The average molecular weight is 534 g/mol. The van der Waals surface area contributed by atoms with Gasteiger partial charge in [-0.1, -0.05) is 84.9 Å². The molecule has 0 atom stereocenters. The lowest BCUT2D eigenvalue weighted by atomic mass is 10.0. The number of anilines is 3. The minimum Gasteiger partial charge on any atom is -0.453 e. The molecule has 0 N–H and O–H groups in total. The van der Waals surface area contributed by atoms with Gasteiger partial charge in [0.1, 0.15) is 0 Å². The van der Waals surface area contributed by atoms with E-state index in [-0.39, 0.29) is 0 Å². The number of fused-ring (bicyclic) bond motifs is 12. The lowest BCUT2D eigenvalue weighted by Gasteiger charge is -2.39. The minimum absolute atomic E-state index is 0.794. The van der Waals surface area contributed by atoms with Crippen LogP contribution in [0.15, 0.2) is 159 Å². The fourth-order valence-electron chi connectivity index (χ4n) is 7.05. The molecule has 3 nitrogen and oxygen atoms in total. The Labute approximate surface area is 232 Å². The predicted octanol–water partition coefficient (Wildman–Crippen LogP) is 9.58. The number of para-hydroxylation sites is 4. The van der Waals surface area contributed by atoms with Crippen LogP contribution in [0.3, 0.4) is 0 Å². The number of benzene rings is 6. The monoisotopic (exact) mass is 533 g/mol. The Bertz CT molecular complexity index is 2030. The van der Waals surface area contributed by atoms with Crippen molar-refractivity contribution in [2.24, 2.45) is 0 Å². The molecule has 0 saturated heterocycles. The third-order valence-corrected chi connectivity index (χ3v) is 13.3. The first-order valence-electron chi connectivity index (χ1n) is 13.4. The summed E-state index contributed by atoms with van der Waals surface area (Å²) in [7, 11) is -3.91. The summed E-state index contributed by atoms with van der Waals surface area (Å²) in [5.74, 6) is 1.59. The van der Waals surface area contributed by atoms with Gasteiger partial charge in [0.25, 0.3) is 0 Å². The van der Waals surface area contributed by atoms with Crippen LogP contribution in [0, 0.1) is 0 Å². The number of nitrogens with zero attached hydrogens (tertiary/aromatic N) is 1. The van der Waals surface area contributed by atoms with Crippen LogP contribution in [-0.4, -0.2) is 4.21 Å². The molecule has 0 fully saturated rings. The highest BCUT2D eigenvalue weighted by molar-refractivity contribution is 8.21. The Morgan fingerprint density at radius 3 is 1.45 bits per heavy atom. The second-order valence-electron chi connectivity index (χ2n) is 10.5. The van der Waals surface area contributed by atoms with E-state index in [0.717, 1.165) is 70.4 Å². The highest BCUT2D eigenvalue weighted by Crippen LogP contribution is 2.72. The van der Waals surface area contributed by atoms with Crippen molar-refractivity contribution < 1.29 is 8.95 Å². The van der Waals surface area contributed by atoms with Gasteiger partial charge in [0, 0.05) is 39.8 Å². The molecule has 0 bridgehead atoms. The number of hydrogen-bond donors (Lipinski definition) is 0. The molecule has 40 heavy (non-hydrogen) atoms. The summed E-state index contributed by atoms with van der Waals surface area (Å²) in [5, 5.41) is 0. The molecule has 3 heterocycles. The molecule has 3 aliphatic rings. The fraction of sp³-hybridized carbons (Fsp3) is 0. The molecule has 0 radical (unpaired) electrons. The van der Waals surface area contributed by atoms with Crippen LogP contribution >= 0.6 is 0 Å². The predicted molar refractivity (Wildman–Crippen MR) is 160 cm³/mol. The van der Waals surface area contributed by atoms with Gasteiger partial charge in [-0.05, 0) is 65.7 Å². The van der Waals surface area contributed by atoms with Gasteiger partial charge in [-0.25, -0.2) is 0 Å². The molecule has 3 aliphatic heterocycles. The molecule has 0 saturated carbocycles. The van der Waals surface area contributed by atoms with Crippen molar-refractivity contribution in [3.8, 4) is 33.8 Å². The molecule has 0 amide bonds. The van der Waals surface area contributed by atoms with Crippen LogP contribution in [0.1, 0.15) is 0 Å². The van der Waals surface area contributed by atoms with Gasteiger partial charge in [0.2, 0.25) is 0 Å². The first-order chi connectivity index (χ1) is 19.7. The van der Waals surface area contributed by atoms with E-state index in [1.54, 1.807) is 0 Å². The molecule has 4 heteroatoms. The number of rotatable bonds is 1. The standard InChI is InChI=1S/C36H23NO2S/c38-40(32-20-8-1-12-24(32)25-13-2-9-21-33(25)40)34-22-10-3-14-26(34)36-29(17-11-23-35(36)40)37-27-15-4-6-18-30(27)39-31-19-7-5-16-28(31)37/h1-23H. The van der Waals surface area contributed by atoms with Crippen LogP contribution in [0.25, 0.3) is 22.3 Å². The van der Waals surface area contributed by atoms with Crippen molar-refractivity contribution in [1.29, 1.82) is 0 Å². The zero-order valence-electron chi connectivity index (χ0n) is 21.5. The van der Waals surface area contributed by atoms with E-state index in [9.17, 15) is 0 Å². The summed E-state index contributed by atoms with van der Waals surface area (Å²) in [4.78, 5) is 5.81. The van der Waals surface area contributed by atoms with Crippen molar-refractivity contribution in [3.63, 3.8) is 0 Å². The SMILES string of the molecule is O=S12(c3ccccc3-c3ccccc31)c1ccccc1-c1c(N3c4ccccc4Oc4ccccc43)cccc12. The lowest BCUT2D eigenvalue weighted by Crippen LogP contribution is -2.30. The highest BCUT2D eigenvalue weighted by atomic mass is 32.3. The summed E-state index contributed by atoms with van der Waals surface area (Å²) in [6, 6.07) is 47.3. The Morgan fingerprint density at radius 1 is 0.425 bits per heavy atom. The summed E-state index contributed by atoms with van der Waals surface area (Å²) < 4.78 is 23.1. The van der Waals surface area contributed by atoms with Crippen molar-refractivity contribution >= 4 is 26.1 Å². The van der Waals surface area contributed by atoms with Gasteiger partial charge in [-0.2, -0.15) is 0 Å². The maximum Gasteiger partial charge on any atom is 0.151 e. The highest BCUT2D eigenvalue weighted by Gasteiger charge is 2.58. The summed E-state index contributed by atoms with van der Waals surface area (Å²) >= 11 is 0. The first-order valence-corrected chi connectivity index (χ1v) is 15.4. The van der Waals surface area contributed by atoms with Gasteiger partial charge in [-0.15, -0.1) is 0 Å². The van der Waals surface area contributed by atoms with Gasteiger partial charge in [-0.3, -0.25) is 4.21 Å². The summed E-state index contributed by atoms with van der Waals surface area (Å²) in [6.45, 7) is 0. The maximum atomic E-state index is 16.8. The topological polar surface area (TPSA) is 29.5 Å². The second kappa shape index (κ2) is 7.38. The fourth-order valence-corrected chi connectivity index (χ4v) is 12.2. The molecule has 1 spiro atoms. The van der Waals surface area contributed by atoms with Crippen LogP contribution in [0.2, 0.25) is 0 Å². The van der Waals surface area contributed by atoms with Gasteiger partial charge in [0.05, 0.1) is 17.1 Å². The molecule has 6 aromatic carbocycles. The van der Waals surface area contributed by atoms with Crippen LogP contribution < -0.4 is 9.64 Å². The Balaban J connectivity index is 1.46. The zero-order valence-corrected chi connectivity index (χ0v) is 22.3. The Kier molecular flexibility index (Phi) is 4.05.